The van der Waals surface area contributed by atoms with Crippen molar-refractivity contribution in [2.75, 3.05) is 51.5 Å². The van der Waals surface area contributed by atoms with Crippen molar-refractivity contribution in [2.24, 2.45) is 0 Å². The molecule has 188 valence electrons. The molecule has 36 heavy (non-hydrogen) atoms. The Morgan fingerprint density at radius 1 is 1.00 bits per heavy atom. The van der Waals surface area contributed by atoms with Crippen molar-refractivity contribution >= 4 is 11.6 Å². The lowest BCUT2D eigenvalue weighted by molar-refractivity contribution is -0.120. The average molecular weight is 492 g/mol. The van der Waals surface area contributed by atoms with E-state index in [-0.39, 0.29) is 24.6 Å². The van der Waals surface area contributed by atoms with Crippen LogP contribution >= 0.6 is 0 Å². The minimum absolute atomic E-state index is 0.0455. The summed E-state index contributed by atoms with van der Waals surface area (Å²) in [6.07, 6.45) is 0.291. The van der Waals surface area contributed by atoms with Crippen molar-refractivity contribution in [3.63, 3.8) is 0 Å². The van der Waals surface area contributed by atoms with Crippen molar-refractivity contribution in [1.82, 2.24) is 10.2 Å². The molecule has 1 N–H and O–H groups in total. The van der Waals surface area contributed by atoms with Crippen LogP contribution in [0.1, 0.15) is 17.2 Å². The van der Waals surface area contributed by atoms with Crippen LogP contribution in [0.25, 0.3) is 0 Å². The quantitative estimate of drug-likeness (QED) is 0.518. The number of piperazine rings is 1. The summed E-state index contributed by atoms with van der Waals surface area (Å²) in [5.41, 5.74) is 2.60. The van der Waals surface area contributed by atoms with E-state index in [0.717, 1.165) is 35.7 Å². The van der Waals surface area contributed by atoms with E-state index >= 15 is 0 Å². The van der Waals surface area contributed by atoms with Gasteiger partial charge in [0.1, 0.15) is 11.6 Å². The molecule has 1 atom stereocenters. The van der Waals surface area contributed by atoms with Gasteiger partial charge in [-0.3, -0.25) is 9.69 Å². The zero-order chi connectivity index (χ0) is 24.9. The summed E-state index contributed by atoms with van der Waals surface area (Å²) in [4.78, 5) is 17.2. The van der Waals surface area contributed by atoms with Gasteiger partial charge in [-0.25, -0.2) is 4.39 Å². The van der Waals surface area contributed by atoms with E-state index in [1.165, 1.54) is 6.07 Å². The van der Waals surface area contributed by atoms with Gasteiger partial charge in [0.15, 0.2) is 11.5 Å². The zero-order valence-corrected chi connectivity index (χ0v) is 20.3. The topological polar surface area (TPSA) is 63.3 Å². The molecule has 3 aromatic rings. The number of para-hydroxylation sites is 1. The highest BCUT2D eigenvalue weighted by Crippen LogP contribution is 2.36. The predicted molar refractivity (Wildman–Crippen MR) is 135 cm³/mol. The summed E-state index contributed by atoms with van der Waals surface area (Å²) < 4.78 is 30.6. The third-order valence-electron chi connectivity index (χ3n) is 6.75. The fraction of sp³-hybridized carbons (Fsp3) is 0.321. The Kier molecular flexibility index (Phi) is 7.23. The molecule has 0 spiro atoms. The number of benzene rings is 3. The van der Waals surface area contributed by atoms with Gasteiger partial charge in [0.2, 0.25) is 12.7 Å². The lowest BCUT2D eigenvalue weighted by Gasteiger charge is -2.40. The smallest absolute Gasteiger partial charge is 0.231 e. The van der Waals surface area contributed by atoms with Crippen LogP contribution in [0, 0.1) is 5.82 Å². The largest absolute Gasteiger partial charge is 0.497 e. The molecule has 1 fully saturated rings. The number of ether oxygens (including phenoxy) is 3. The van der Waals surface area contributed by atoms with Gasteiger partial charge in [-0.1, -0.05) is 30.3 Å². The van der Waals surface area contributed by atoms with E-state index in [9.17, 15) is 9.18 Å². The van der Waals surface area contributed by atoms with Gasteiger partial charge in [-0.2, -0.15) is 0 Å². The van der Waals surface area contributed by atoms with Crippen LogP contribution in [0.4, 0.5) is 10.1 Å². The molecule has 0 radical (unpaired) electrons. The molecule has 0 bridgehead atoms. The molecule has 0 saturated carbocycles. The van der Waals surface area contributed by atoms with E-state index in [1.807, 2.05) is 54.6 Å². The Morgan fingerprint density at radius 2 is 1.75 bits per heavy atom. The lowest BCUT2D eigenvalue weighted by atomic mass is 10.0. The molecule has 2 aliphatic heterocycles. The van der Waals surface area contributed by atoms with Crippen LogP contribution < -0.4 is 24.4 Å². The Morgan fingerprint density at radius 3 is 2.50 bits per heavy atom. The Labute approximate surface area is 210 Å². The summed E-state index contributed by atoms with van der Waals surface area (Å²) in [6.45, 7) is 3.53. The second kappa shape index (κ2) is 10.9. The summed E-state index contributed by atoms with van der Waals surface area (Å²) in [5.74, 6) is 1.95. The molecule has 0 aliphatic carbocycles. The van der Waals surface area contributed by atoms with E-state index in [0.29, 0.717) is 37.5 Å². The van der Waals surface area contributed by atoms with Crippen LogP contribution in [0.3, 0.4) is 0 Å². The summed E-state index contributed by atoms with van der Waals surface area (Å²) in [7, 11) is 1.62. The molecule has 3 aromatic carbocycles. The second-order valence-corrected chi connectivity index (χ2v) is 8.93. The van der Waals surface area contributed by atoms with Gasteiger partial charge >= 0.3 is 0 Å². The number of halogens is 1. The molecule has 8 heteroatoms. The monoisotopic (exact) mass is 491 g/mol. The summed E-state index contributed by atoms with van der Waals surface area (Å²) in [5, 5.41) is 3.12. The van der Waals surface area contributed by atoms with Gasteiger partial charge in [0.25, 0.3) is 0 Å². The van der Waals surface area contributed by atoms with Gasteiger partial charge < -0.3 is 24.4 Å². The first-order chi connectivity index (χ1) is 17.6. The molecule has 0 aromatic heterocycles. The van der Waals surface area contributed by atoms with Gasteiger partial charge in [0.05, 0.1) is 25.3 Å². The highest BCUT2D eigenvalue weighted by molar-refractivity contribution is 5.78. The Bertz CT molecular complexity index is 1200. The van der Waals surface area contributed by atoms with E-state index in [4.69, 9.17) is 14.2 Å². The van der Waals surface area contributed by atoms with Crippen molar-refractivity contribution < 1.29 is 23.4 Å². The molecular weight excluding hydrogens is 461 g/mol. The molecule has 2 aliphatic rings. The van der Waals surface area contributed by atoms with Gasteiger partial charge in [-0.05, 0) is 47.5 Å². The number of rotatable bonds is 8. The fourth-order valence-corrected chi connectivity index (χ4v) is 4.76. The first kappa shape index (κ1) is 23.9. The number of carbonyl (C=O) groups excluding carboxylic acids is 1. The second-order valence-electron chi connectivity index (χ2n) is 8.93. The fourth-order valence-electron chi connectivity index (χ4n) is 4.76. The number of methoxy groups -OCH3 is 1. The van der Waals surface area contributed by atoms with Crippen LogP contribution in [0.5, 0.6) is 17.2 Å². The van der Waals surface area contributed by atoms with Crippen LogP contribution in [0.2, 0.25) is 0 Å². The summed E-state index contributed by atoms with van der Waals surface area (Å²) >= 11 is 0. The molecule has 1 unspecified atom stereocenters. The van der Waals surface area contributed by atoms with E-state index in [2.05, 4.69) is 15.1 Å². The average Bonchev–Trinajstić information content (AvgIpc) is 3.38. The number of nitrogens with zero attached hydrogens (tertiary/aromatic N) is 2. The van der Waals surface area contributed by atoms with Crippen molar-refractivity contribution in [2.45, 2.75) is 12.5 Å². The third kappa shape index (κ3) is 5.39. The Balaban J connectivity index is 1.27. The number of hydrogen-bond donors (Lipinski definition) is 1. The number of nitrogens with one attached hydrogen (secondary N) is 1. The number of fused-ring (bicyclic) bond motifs is 1. The molecular formula is C28H30FN3O4. The van der Waals surface area contributed by atoms with E-state index < -0.39 is 0 Å². The number of hydrogen-bond acceptors (Lipinski definition) is 6. The molecule has 2 heterocycles. The maximum absolute atomic E-state index is 14.3. The van der Waals surface area contributed by atoms with Crippen molar-refractivity contribution in [3.8, 4) is 17.2 Å². The minimum atomic E-state index is -0.205. The van der Waals surface area contributed by atoms with Crippen molar-refractivity contribution in [1.29, 1.82) is 0 Å². The summed E-state index contributed by atoms with van der Waals surface area (Å²) in [6, 6.07) is 20.3. The molecule has 7 nitrogen and oxygen atoms in total. The SMILES string of the molecule is COc1ccc(CC(=O)NCC(c2ccc3c(c2)OCO3)N2CCN(c3ccccc3F)CC2)cc1. The number of amides is 1. The van der Waals surface area contributed by atoms with Gasteiger partial charge in [0, 0.05) is 32.7 Å². The Hall–Kier alpha value is -3.78. The maximum Gasteiger partial charge on any atom is 0.231 e. The minimum Gasteiger partial charge on any atom is -0.497 e. The highest BCUT2D eigenvalue weighted by atomic mass is 19.1. The van der Waals surface area contributed by atoms with Crippen LogP contribution in [0.15, 0.2) is 66.7 Å². The van der Waals surface area contributed by atoms with Crippen LogP contribution in [-0.4, -0.2) is 57.4 Å². The lowest BCUT2D eigenvalue weighted by Crippen LogP contribution is -2.50. The number of anilines is 1. The number of carbonyl (C=O) groups is 1. The highest BCUT2D eigenvalue weighted by Gasteiger charge is 2.28. The van der Waals surface area contributed by atoms with E-state index in [1.54, 1.807) is 13.2 Å². The molecule has 1 saturated heterocycles. The predicted octanol–water partition coefficient (Wildman–Crippen LogP) is 3.79. The first-order valence-electron chi connectivity index (χ1n) is 12.1. The van der Waals surface area contributed by atoms with Gasteiger partial charge in [-0.15, -0.1) is 0 Å². The standard InChI is InChI=1S/C28H30FN3O4/c1-34-22-9-6-20(7-10-22)16-28(33)30-18-25(21-8-11-26-27(17-21)36-19-35-26)32-14-12-31(13-15-32)24-5-3-2-4-23(24)29/h2-11,17,25H,12-16,18-19H2,1H3,(H,30,33). The normalized spacial score (nSPS) is 16.0. The molecule has 1 amide bonds. The first-order valence-corrected chi connectivity index (χ1v) is 12.1. The maximum atomic E-state index is 14.3. The van der Waals surface area contributed by atoms with Crippen LogP contribution in [-0.2, 0) is 11.2 Å². The molecule has 5 rings (SSSR count). The third-order valence-corrected chi connectivity index (χ3v) is 6.75. The van der Waals surface area contributed by atoms with Crippen molar-refractivity contribution in [3.05, 3.63) is 83.7 Å². The zero-order valence-electron chi connectivity index (χ0n) is 20.3.